The van der Waals surface area contributed by atoms with Gasteiger partial charge in [0.2, 0.25) is 23.7 Å². The van der Waals surface area contributed by atoms with E-state index in [0.29, 0.717) is 48.0 Å². The van der Waals surface area contributed by atoms with Crippen LogP contribution in [0.1, 0.15) is 95.4 Å². The average molecular weight is 813 g/mol. The van der Waals surface area contributed by atoms with Crippen LogP contribution in [0, 0.1) is 13.8 Å². The number of nitrogens with one attached hydrogen (secondary N) is 5. The van der Waals surface area contributed by atoms with Crippen molar-refractivity contribution in [3.63, 3.8) is 0 Å². The third kappa shape index (κ3) is 13.1. The first-order valence-corrected chi connectivity index (χ1v) is 21.0. The number of benzene rings is 2. The van der Waals surface area contributed by atoms with E-state index in [1.165, 1.54) is 25.7 Å². The first-order chi connectivity index (χ1) is 27.7. The molecule has 0 unspecified atom stereocenters. The molecule has 4 heterocycles. The monoisotopic (exact) mass is 811 g/mol. The zero-order chi connectivity index (χ0) is 41.9. The quantitative estimate of drug-likeness (QED) is 0.0980. The standard InChI is InChI=1S/C18H21N5O.C14H13ClN4O.C8H19N.C4H9N/c1-11-10-19-18(22-17(11)23(2)14-5-6-14)20-13-4-7-15-12(9-13)3-8-16(24)21-15;1-8-7-16-14(19-13(8)15)17-10-3-4-11-9(6-10)2-5-12(20)18-11;1-6-9(7(2)3)8(4)5;1-5-4-2-3-4/h4,7,9-10,14H,3,5-6,8H2,1-2H3,(H,21,24)(H,19,20,22);3-4,6-7H,2,5H2,1H3,(H,18,20)(H,16,17,19);7-8H,6H2,1-5H3;4-5H,2-3H2,1H3. The van der Waals surface area contributed by atoms with E-state index in [2.05, 4.69) is 104 Å². The van der Waals surface area contributed by atoms with E-state index in [-0.39, 0.29) is 11.8 Å². The van der Waals surface area contributed by atoms with Gasteiger partial charge in [0.25, 0.3) is 0 Å². The fourth-order valence-corrected chi connectivity index (χ4v) is 6.97. The van der Waals surface area contributed by atoms with Gasteiger partial charge < -0.3 is 31.5 Å². The maximum Gasteiger partial charge on any atom is 0.229 e. The number of amides is 2. The number of fused-ring (bicyclic) bond motifs is 2. The Balaban J connectivity index is 0.000000169. The van der Waals surface area contributed by atoms with Gasteiger partial charge in [0.1, 0.15) is 11.0 Å². The van der Waals surface area contributed by atoms with E-state index in [4.69, 9.17) is 11.6 Å². The summed E-state index contributed by atoms with van der Waals surface area (Å²) in [5.74, 6) is 2.19. The molecule has 0 radical (unpaired) electrons. The van der Waals surface area contributed by atoms with Crippen LogP contribution in [0.4, 0.5) is 40.5 Å². The van der Waals surface area contributed by atoms with Crippen molar-refractivity contribution in [2.45, 2.75) is 124 Å². The number of rotatable bonds is 10. The maximum absolute atomic E-state index is 11.4. The van der Waals surface area contributed by atoms with Crippen molar-refractivity contribution < 1.29 is 9.59 Å². The summed E-state index contributed by atoms with van der Waals surface area (Å²) in [4.78, 5) is 44.9. The maximum atomic E-state index is 11.4. The van der Waals surface area contributed by atoms with Gasteiger partial charge in [0.15, 0.2) is 0 Å². The summed E-state index contributed by atoms with van der Waals surface area (Å²) in [7, 11) is 4.11. The van der Waals surface area contributed by atoms with Gasteiger partial charge in [0, 0.05) is 90.3 Å². The van der Waals surface area contributed by atoms with Gasteiger partial charge in [0.05, 0.1) is 0 Å². The minimum atomic E-state index is 0.0619. The molecule has 2 saturated carbocycles. The van der Waals surface area contributed by atoms with Gasteiger partial charge in [-0.05, 0) is 141 Å². The number of anilines is 7. The Labute approximate surface area is 349 Å². The van der Waals surface area contributed by atoms with Crippen molar-refractivity contribution in [3.8, 4) is 0 Å². The normalized spacial score (nSPS) is 15.3. The van der Waals surface area contributed by atoms with Crippen molar-refractivity contribution in [2.75, 3.05) is 46.8 Å². The first-order valence-electron chi connectivity index (χ1n) is 20.6. The molecule has 14 heteroatoms. The van der Waals surface area contributed by atoms with E-state index in [9.17, 15) is 9.59 Å². The van der Waals surface area contributed by atoms with Crippen LogP contribution in [0.5, 0.6) is 0 Å². The summed E-state index contributed by atoms with van der Waals surface area (Å²) in [6.45, 7) is 16.2. The Hall–Kier alpha value is -4.85. The summed E-state index contributed by atoms with van der Waals surface area (Å²) in [6, 6.07) is 14.6. The summed E-state index contributed by atoms with van der Waals surface area (Å²) in [6.07, 6.45) is 11.4. The zero-order valence-corrected chi connectivity index (χ0v) is 36.4. The van der Waals surface area contributed by atoms with Crippen LogP contribution in [-0.2, 0) is 22.4 Å². The highest BCUT2D eigenvalue weighted by Crippen LogP contribution is 2.32. The minimum absolute atomic E-state index is 0.0619. The molecule has 0 spiro atoms. The van der Waals surface area contributed by atoms with Crippen LogP contribution >= 0.6 is 11.6 Å². The van der Waals surface area contributed by atoms with Gasteiger partial charge in [-0.2, -0.15) is 4.98 Å². The molecule has 5 N–H and O–H groups in total. The largest absolute Gasteiger partial charge is 0.356 e. The van der Waals surface area contributed by atoms with Gasteiger partial charge in [-0.25, -0.2) is 15.0 Å². The summed E-state index contributed by atoms with van der Waals surface area (Å²) < 4.78 is 0. The molecule has 2 fully saturated rings. The molecule has 2 amide bonds. The van der Waals surface area contributed by atoms with E-state index >= 15 is 0 Å². The Bertz CT molecular complexity index is 2010. The van der Waals surface area contributed by atoms with Crippen molar-refractivity contribution in [1.29, 1.82) is 0 Å². The molecule has 4 aliphatic rings. The molecule has 8 rings (SSSR count). The number of aromatic nitrogens is 4. The molecule has 2 aliphatic heterocycles. The van der Waals surface area contributed by atoms with E-state index in [1.54, 1.807) is 6.20 Å². The van der Waals surface area contributed by atoms with Crippen molar-refractivity contribution in [2.24, 2.45) is 0 Å². The smallest absolute Gasteiger partial charge is 0.229 e. The highest BCUT2D eigenvalue weighted by atomic mass is 35.5. The van der Waals surface area contributed by atoms with Crippen LogP contribution in [-0.4, -0.2) is 81.5 Å². The van der Waals surface area contributed by atoms with Crippen LogP contribution in [0.3, 0.4) is 0 Å². The molecular weight excluding hydrogens is 750 g/mol. The molecule has 312 valence electrons. The molecule has 0 saturated heterocycles. The van der Waals surface area contributed by atoms with E-state index in [0.717, 1.165) is 76.2 Å². The lowest BCUT2D eigenvalue weighted by Crippen LogP contribution is -2.36. The van der Waals surface area contributed by atoms with Crippen LogP contribution in [0.25, 0.3) is 0 Å². The minimum Gasteiger partial charge on any atom is -0.356 e. The number of aryl methyl sites for hydroxylation is 4. The molecule has 2 aromatic carbocycles. The Kier molecular flexibility index (Phi) is 15.8. The molecule has 13 nitrogen and oxygen atoms in total. The average Bonchev–Trinajstić information content (AvgIpc) is 4.13. The lowest BCUT2D eigenvalue weighted by Gasteiger charge is -2.28. The Morgan fingerprint density at radius 2 is 1.26 bits per heavy atom. The number of carbonyl (C=O) groups excluding carboxylic acids is 2. The van der Waals surface area contributed by atoms with E-state index in [1.807, 2.05) is 57.4 Å². The third-order valence-corrected chi connectivity index (χ3v) is 10.9. The van der Waals surface area contributed by atoms with Crippen LogP contribution < -0.4 is 31.5 Å². The topological polar surface area (TPSA) is 152 Å². The predicted octanol–water partition coefficient (Wildman–Crippen LogP) is 8.57. The molecular formula is C44H62ClN11O2. The van der Waals surface area contributed by atoms with Crippen molar-refractivity contribution >= 4 is 63.9 Å². The second-order valence-corrected chi connectivity index (χ2v) is 16.2. The summed E-state index contributed by atoms with van der Waals surface area (Å²) in [5.41, 5.74) is 7.75. The lowest BCUT2D eigenvalue weighted by molar-refractivity contribution is -0.117. The molecule has 2 aliphatic carbocycles. The number of carbonyl (C=O) groups is 2. The molecule has 0 atom stereocenters. The second-order valence-electron chi connectivity index (χ2n) is 15.9. The number of halogens is 1. The predicted molar refractivity (Wildman–Crippen MR) is 238 cm³/mol. The molecule has 0 bridgehead atoms. The van der Waals surface area contributed by atoms with Gasteiger partial charge in [-0.1, -0.05) is 18.5 Å². The molecule has 4 aromatic rings. The zero-order valence-electron chi connectivity index (χ0n) is 35.7. The van der Waals surface area contributed by atoms with Crippen LogP contribution in [0.15, 0.2) is 48.8 Å². The van der Waals surface area contributed by atoms with Gasteiger partial charge in [-0.3, -0.25) is 14.5 Å². The summed E-state index contributed by atoms with van der Waals surface area (Å²) >= 11 is 5.97. The van der Waals surface area contributed by atoms with Crippen molar-refractivity contribution in [1.82, 2.24) is 30.2 Å². The second kappa shape index (κ2) is 20.7. The lowest BCUT2D eigenvalue weighted by atomic mass is 10.0. The number of hydrogen-bond acceptors (Lipinski definition) is 11. The third-order valence-electron chi connectivity index (χ3n) is 10.5. The molecule has 58 heavy (non-hydrogen) atoms. The first kappa shape index (κ1) is 44.3. The SMILES string of the molecule is CCN(C(C)C)C(C)C.CNC1CC1.Cc1cnc(Nc2ccc3c(c2)CCC(=O)N3)nc1Cl.Cc1cnc(Nc2ccc3c(c2)CCC(=O)N3)nc1N(C)C1CC1. The van der Waals surface area contributed by atoms with E-state index < -0.39 is 0 Å². The Morgan fingerprint density at radius 1 is 0.759 bits per heavy atom. The van der Waals surface area contributed by atoms with Crippen molar-refractivity contribution in [3.05, 3.63) is 76.2 Å². The molecule has 2 aromatic heterocycles. The highest BCUT2D eigenvalue weighted by molar-refractivity contribution is 6.30. The highest BCUT2D eigenvalue weighted by Gasteiger charge is 2.28. The Morgan fingerprint density at radius 3 is 1.66 bits per heavy atom. The fraction of sp³-hybridized carbons (Fsp3) is 0.500. The summed E-state index contributed by atoms with van der Waals surface area (Å²) in [5, 5.41) is 15.7. The number of hydrogen-bond donors (Lipinski definition) is 5. The fourth-order valence-electron chi connectivity index (χ4n) is 6.85. The number of nitrogens with zero attached hydrogens (tertiary/aromatic N) is 6. The van der Waals surface area contributed by atoms with Gasteiger partial charge >= 0.3 is 0 Å². The van der Waals surface area contributed by atoms with Crippen LogP contribution in [0.2, 0.25) is 5.15 Å². The van der Waals surface area contributed by atoms with Gasteiger partial charge in [-0.15, -0.1) is 0 Å².